The van der Waals surface area contributed by atoms with E-state index in [0.717, 1.165) is 0 Å². The van der Waals surface area contributed by atoms with Gasteiger partial charge in [-0.2, -0.15) is 0 Å². The summed E-state index contributed by atoms with van der Waals surface area (Å²) in [5, 5.41) is 10.6. The van der Waals surface area contributed by atoms with Gasteiger partial charge in [0.25, 0.3) is 0 Å². The van der Waals surface area contributed by atoms with E-state index in [4.69, 9.17) is 16.3 Å². The van der Waals surface area contributed by atoms with Gasteiger partial charge in [0, 0.05) is 23.2 Å². The molecule has 0 saturated carbocycles. The molecule has 0 fully saturated rings. The van der Waals surface area contributed by atoms with Crippen LogP contribution in [0.2, 0.25) is 5.02 Å². The lowest BCUT2D eigenvalue weighted by Crippen LogP contribution is -2.05. The third-order valence-electron chi connectivity index (χ3n) is 2.82. The smallest absolute Gasteiger partial charge is 0.142 e. The summed E-state index contributed by atoms with van der Waals surface area (Å²) in [6.45, 7) is 0. The van der Waals surface area contributed by atoms with Crippen LogP contribution in [0.1, 0.15) is 17.2 Å². The molecule has 0 bridgehead atoms. The van der Waals surface area contributed by atoms with Gasteiger partial charge in [-0.15, -0.1) is 0 Å². The maximum absolute atomic E-state index is 13.2. The summed E-state index contributed by atoms with van der Waals surface area (Å²) in [4.78, 5) is 3.92. The Kier molecular flexibility index (Phi) is 4.35. The third kappa shape index (κ3) is 3.22. The zero-order chi connectivity index (χ0) is 13.8. The van der Waals surface area contributed by atoms with E-state index in [1.54, 1.807) is 12.3 Å². The van der Waals surface area contributed by atoms with Crippen LogP contribution < -0.4 is 4.74 Å². The molecule has 100 valence electrons. The molecule has 0 aliphatic rings. The Balaban J connectivity index is 2.25. The molecule has 2 rings (SSSR count). The van der Waals surface area contributed by atoms with E-state index in [9.17, 15) is 9.50 Å². The number of hydrogen-bond acceptors (Lipinski definition) is 3. The predicted molar refractivity (Wildman–Crippen MR) is 70.9 cm³/mol. The van der Waals surface area contributed by atoms with E-state index < -0.39 is 6.10 Å². The molecule has 0 aliphatic carbocycles. The lowest BCUT2D eigenvalue weighted by atomic mass is 10.0. The van der Waals surface area contributed by atoms with Gasteiger partial charge in [0.1, 0.15) is 11.6 Å². The van der Waals surface area contributed by atoms with Crippen molar-refractivity contribution in [1.82, 2.24) is 4.98 Å². The molecule has 19 heavy (non-hydrogen) atoms. The van der Waals surface area contributed by atoms with Crippen LogP contribution in [0, 0.1) is 5.82 Å². The van der Waals surface area contributed by atoms with Crippen molar-refractivity contribution in [3.63, 3.8) is 0 Å². The zero-order valence-corrected chi connectivity index (χ0v) is 11.1. The summed E-state index contributed by atoms with van der Waals surface area (Å²) >= 11 is 5.98. The minimum atomic E-state index is -0.836. The largest absolute Gasteiger partial charge is 0.495 e. The van der Waals surface area contributed by atoms with Crippen LogP contribution in [-0.4, -0.2) is 17.2 Å². The number of rotatable bonds is 4. The molecule has 0 saturated heterocycles. The van der Waals surface area contributed by atoms with Gasteiger partial charge in [0.2, 0.25) is 0 Å². The van der Waals surface area contributed by atoms with Crippen molar-refractivity contribution in [2.24, 2.45) is 0 Å². The molecule has 1 aromatic carbocycles. The highest BCUT2D eigenvalue weighted by Crippen LogP contribution is 2.28. The maximum atomic E-state index is 13.2. The SMILES string of the molecule is COc1cnccc1C(O)Cc1cc(F)ccc1Cl. The minimum Gasteiger partial charge on any atom is -0.495 e. The van der Waals surface area contributed by atoms with Crippen LogP contribution in [-0.2, 0) is 6.42 Å². The molecule has 0 aliphatic heterocycles. The molecule has 1 heterocycles. The second-order valence-electron chi connectivity index (χ2n) is 4.07. The molecule has 3 nitrogen and oxygen atoms in total. The van der Waals surface area contributed by atoms with Gasteiger partial charge < -0.3 is 9.84 Å². The predicted octanol–water partition coefficient (Wildman–Crippen LogP) is 3.16. The van der Waals surface area contributed by atoms with E-state index in [1.807, 2.05) is 0 Å². The fraction of sp³-hybridized carbons (Fsp3) is 0.214. The van der Waals surface area contributed by atoms with Crippen LogP contribution >= 0.6 is 11.6 Å². The fourth-order valence-electron chi connectivity index (χ4n) is 1.85. The summed E-state index contributed by atoms with van der Waals surface area (Å²) in [5.74, 6) is 0.107. The van der Waals surface area contributed by atoms with E-state index in [0.29, 0.717) is 21.9 Å². The topological polar surface area (TPSA) is 42.4 Å². The highest BCUT2D eigenvalue weighted by Gasteiger charge is 2.15. The molecule has 0 radical (unpaired) electrons. The Bertz CT molecular complexity index is 577. The first-order valence-corrected chi connectivity index (χ1v) is 6.09. The van der Waals surface area contributed by atoms with Gasteiger partial charge in [-0.3, -0.25) is 4.98 Å². The highest BCUT2D eigenvalue weighted by molar-refractivity contribution is 6.31. The maximum Gasteiger partial charge on any atom is 0.142 e. The van der Waals surface area contributed by atoms with Gasteiger partial charge in [-0.25, -0.2) is 4.39 Å². The second-order valence-corrected chi connectivity index (χ2v) is 4.48. The number of aromatic nitrogens is 1. The molecule has 2 aromatic rings. The molecular weight excluding hydrogens is 269 g/mol. The first-order valence-electron chi connectivity index (χ1n) is 5.71. The summed E-state index contributed by atoms with van der Waals surface area (Å²) in [6.07, 6.45) is 2.45. The average Bonchev–Trinajstić information content (AvgIpc) is 2.42. The Morgan fingerprint density at radius 3 is 2.95 bits per heavy atom. The van der Waals surface area contributed by atoms with E-state index in [-0.39, 0.29) is 12.2 Å². The molecular formula is C14H13ClFNO2. The fourth-order valence-corrected chi connectivity index (χ4v) is 2.05. The average molecular weight is 282 g/mol. The Labute approximate surface area is 115 Å². The lowest BCUT2D eigenvalue weighted by molar-refractivity contribution is 0.173. The second kappa shape index (κ2) is 5.99. The third-order valence-corrected chi connectivity index (χ3v) is 3.19. The summed E-state index contributed by atoms with van der Waals surface area (Å²) < 4.78 is 18.3. The number of hydrogen-bond donors (Lipinski definition) is 1. The lowest BCUT2D eigenvalue weighted by Gasteiger charge is -2.15. The zero-order valence-electron chi connectivity index (χ0n) is 10.3. The first-order chi connectivity index (χ1) is 9.11. The van der Waals surface area contributed by atoms with E-state index >= 15 is 0 Å². The molecule has 5 heteroatoms. The molecule has 1 aromatic heterocycles. The van der Waals surface area contributed by atoms with Gasteiger partial charge in [0.15, 0.2) is 0 Å². The molecule has 1 atom stereocenters. The van der Waals surface area contributed by atoms with E-state index in [2.05, 4.69) is 4.98 Å². The van der Waals surface area contributed by atoms with Gasteiger partial charge in [-0.1, -0.05) is 11.6 Å². The van der Waals surface area contributed by atoms with Gasteiger partial charge >= 0.3 is 0 Å². The van der Waals surface area contributed by atoms with Crippen LogP contribution in [0.15, 0.2) is 36.7 Å². The summed E-state index contributed by atoms with van der Waals surface area (Å²) in [7, 11) is 1.50. The van der Waals surface area contributed by atoms with Crippen molar-refractivity contribution < 1.29 is 14.2 Å². The number of halogens is 2. The van der Waals surface area contributed by atoms with Crippen molar-refractivity contribution in [3.05, 3.63) is 58.6 Å². The number of methoxy groups -OCH3 is 1. The van der Waals surface area contributed by atoms with Crippen molar-refractivity contribution in [3.8, 4) is 5.75 Å². The van der Waals surface area contributed by atoms with E-state index in [1.165, 1.54) is 31.5 Å². The van der Waals surface area contributed by atoms with Gasteiger partial charge in [0.05, 0.1) is 19.4 Å². The molecule has 0 amide bonds. The normalized spacial score (nSPS) is 12.2. The monoisotopic (exact) mass is 281 g/mol. The number of pyridine rings is 1. The Morgan fingerprint density at radius 1 is 1.42 bits per heavy atom. The van der Waals surface area contributed by atoms with Crippen molar-refractivity contribution >= 4 is 11.6 Å². The van der Waals surface area contributed by atoms with Crippen LogP contribution in [0.5, 0.6) is 5.75 Å². The Hall–Kier alpha value is -1.65. The van der Waals surface area contributed by atoms with Crippen molar-refractivity contribution in [2.45, 2.75) is 12.5 Å². The van der Waals surface area contributed by atoms with Crippen LogP contribution in [0.4, 0.5) is 4.39 Å². The van der Waals surface area contributed by atoms with Crippen molar-refractivity contribution in [2.75, 3.05) is 7.11 Å². The van der Waals surface area contributed by atoms with Crippen LogP contribution in [0.3, 0.4) is 0 Å². The number of ether oxygens (including phenoxy) is 1. The highest BCUT2D eigenvalue weighted by atomic mass is 35.5. The van der Waals surface area contributed by atoms with Gasteiger partial charge in [-0.05, 0) is 29.8 Å². The summed E-state index contributed by atoms with van der Waals surface area (Å²) in [6, 6.07) is 5.74. The molecule has 0 spiro atoms. The molecule has 1 N–H and O–H groups in total. The van der Waals surface area contributed by atoms with Crippen LogP contribution in [0.25, 0.3) is 0 Å². The quantitative estimate of drug-likeness (QED) is 0.936. The summed E-state index contributed by atoms with van der Waals surface area (Å²) in [5.41, 5.74) is 1.14. The number of aliphatic hydroxyl groups is 1. The minimum absolute atomic E-state index is 0.205. The number of aliphatic hydroxyl groups excluding tert-OH is 1. The number of nitrogens with zero attached hydrogens (tertiary/aromatic N) is 1. The van der Waals surface area contributed by atoms with Crippen molar-refractivity contribution in [1.29, 1.82) is 0 Å². The Morgan fingerprint density at radius 2 is 2.21 bits per heavy atom. The standard InChI is InChI=1S/C14H13ClFNO2/c1-19-14-8-17-5-4-11(14)13(18)7-9-6-10(16)2-3-12(9)15/h2-6,8,13,18H,7H2,1H3. The first kappa shape index (κ1) is 13.8. The number of benzene rings is 1. The molecule has 1 unspecified atom stereocenters.